The average molecular weight is 1120 g/mol. The second kappa shape index (κ2) is 68.6. The second-order valence-electron chi connectivity index (χ2n) is 23.8. The standard InChI is InChI=1S/C74H134O6/c1-4-7-10-13-16-19-22-24-26-28-30-31-32-33-34-35-36-37-38-39-40-41-42-43-45-46-48-50-52-55-58-61-64-67-73(76)79-70-71(69-78-72(75)66-63-60-57-54-21-18-15-12-9-6-3)80-74(77)68-65-62-59-56-53-51-49-47-44-29-27-25-23-20-17-14-11-8-5-2/h12,15,17,20,22,24-25,27-28,30,71H,4-11,13-14,16,18-19,21,23,26,29,31-70H2,1-3H3/b15-12-,20-17-,24-22-,27-25-,30-28-. The SMILES string of the molecule is CCC/C=C\CCCCCCCC(=O)OCC(COC(=O)CCCCCCCCCCCCCCCCCCCCCCC/C=C\C/C=C\CCCCCCC)OC(=O)CCCCCCCCCCC/C=C\C/C=C\CCCCC. The number of carbonyl (C=O) groups excluding carboxylic acids is 3. The van der Waals surface area contributed by atoms with Crippen molar-refractivity contribution >= 4 is 17.9 Å². The van der Waals surface area contributed by atoms with Gasteiger partial charge in [0, 0.05) is 19.3 Å². The molecule has 0 saturated heterocycles. The molecule has 6 nitrogen and oxygen atoms in total. The molecule has 0 aromatic heterocycles. The predicted molar refractivity (Wildman–Crippen MR) is 348 cm³/mol. The quantitative estimate of drug-likeness (QED) is 0.0261. The van der Waals surface area contributed by atoms with Crippen LogP contribution in [-0.2, 0) is 28.6 Å². The summed E-state index contributed by atoms with van der Waals surface area (Å²) >= 11 is 0. The Morgan fingerprint density at radius 1 is 0.250 bits per heavy atom. The lowest BCUT2D eigenvalue weighted by molar-refractivity contribution is -0.167. The summed E-state index contributed by atoms with van der Waals surface area (Å²) in [6.45, 7) is 6.58. The summed E-state index contributed by atoms with van der Waals surface area (Å²) in [6.07, 6.45) is 88.4. The zero-order valence-electron chi connectivity index (χ0n) is 53.6. The summed E-state index contributed by atoms with van der Waals surface area (Å²) < 4.78 is 16.9. The summed E-state index contributed by atoms with van der Waals surface area (Å²) in [5.41, 5.74) is 0. The molecule has 1 atom stereocenters. The van der Waals surface area contributed by atoms with E-state index in [-0.39, 0.29) is 31.1 Å². The zero-order chi connectivity index (χ0) is 57.8. The molecule has 80 heavy (non-hydrogen) atoms. The Morgan fingerprint density at radius 3 is 0.775 bits per heavy atom. The van der Waals surface area contributed by atoms with Crippen LogP contribution < -0.4 is 0 Å². The minimum Gasteiger partial charge on any atom is -0.462 e. The minimum absolute atomic E-state index is 0.0748. The lowest BCUT2D eigenvalue weighted by atomic mass is 10.0. The van der Waals surface area contributed by atoms with E-state index in [0.29, 0.717) is 19.3 Å². The molecule has 0 bridgehead atoms. The van der Waals surface area contributed by atoms with E-state index in [1.54, 1.807) is 0 Å². The van der Waals surface area contributed by atoms with Gasteiger partial charge in [0.05, 0.1) is 0 Å². The first kappa shape index (κ1) is 77.1. The number of hydrogen-bond acceptors (Lipinski definition) is 6. The van der Waals surface area contributed by atoms with Crippen molar-refractivity contribution in [3.05, 3.63) is 60.8 Å². The van der Waals surface area contributed by atoms with E-state index in [9.17, 15) is 14.4 Å². The number of allylic oxidation sites excluding steroid dienone is 10. The monoisotopic (exact) mass is 1120 g/mol. The van der Waals surface area contributed by atoms with Crippen molar-refractivity contribution in [1.29, 1.82) is 0 Å². The molecule has 0 aromatic rings. The van der Waals surface area contributed by atoms with Crippen molar-refractivity contribution in [2.24, 2.45) is 0 Å². The largest absolute Gasteiger partial charge is 0.462 e. The molecule has 0 heterocycles. The third-order valence-corrected chi connectivity index (χ3v) is 15.7. The fraction of sp³-hybridized carbons (Fsp3) is 0.824. The van der Waals surface area contributed by atoms with Gasteiger partial charge in [-0.05, 0) is 103 Å². The molecule has 0 aliphatic heterocycles. The summed E-state index contributed by atoms with van der Waals surface area (Å²) in [7, 11) is 0. The van der Waals surface area contributed by atoms with Crippen molar-refractivity contribution in [3.63, 3.8) is 0 Å². The molecular formula is C74H134O6. The Morgan fingerprint density at radius 2 is 0.475 bits per heavy atom. The lowest BCUT2D eigenvalue weighted by Gasteiger charge is -2.18. The van der Waals surface area contributed by atoms with Crippen LogP contribution in [-0.4, -0.2) is 37.2 Å². The Hall–Kier alpha value is -2.89. The van der Waals surface area contributed by atoms with Crippen LogP contribution in [0.2, 0.25) is 0 Å². The molecule has 0 fully saturated rings. The lowest BCUT2D eigenvalue weighted by Crippen LogP contribution is -2.30. The Bertz CT molecular complexity index is 1430. The van der Waals surface area contributed by atoms with Gasteiger partial charge in [-0.3, -0.25) is 14.4 Å². The van der Waals surface area contributed by atoms with Crippen LogP contribution in [0.4, 0.5) is 0 Å². The summed E-state index contributed by atoms with van der Waals surface area (Å²) in [5, 5.41) is 0. The minimum atomic E-state index is -0.778. The number of rotatable bonds is 65. The maximum atomic E-state index is 12.9. The first-order valence-corrected chi connectivity index (χ1v) is 35.3. The highest BCUT2D eigenvalue weighted by Gasteiger charge is 2.19. The van der Waals surface area contributed by atoms with Crippen LogP contribution in [0.1, 0.15) is 374 Å². The number of ether oxygens (including phenoxy) is 3. The fourth-order valence-corrected chi connectivity index (χ4v) is 10.4. The number of esters is 3. The van der Waals surface area contributed by atoms with Crippen LogP contribution in [0.25, 0.3) is 0 Å². The Kier molecular flexibility index (Phi) is 66.1. The van der Waals surface area contributed by atoms with Gasteiger partial charge in [-0.2, -0.15) is 0 Å². The highest BCUT2D eigenvalue weighted by Crippen LogP contribution is 2.18. The Balaban J connectivity index is 4.07. The third-order valence-electron chi connectivity index (χ3n) is 15.7. The molecule has 0 N–H and O–H groups in total. The first-order chi connectivity index (χ1) is 39.5. The molecule has 0 aliphatic carbocycles. The van der Waals surface area contributed by atoms with Gasteiger partial charge in [0.2, 0.25) is 0 Å². The predicted octanol–water partition coefficient (Wildman–Crippen LogP) is 24.3. The van der Waals surface area contributed by atoms with Gasteiger partial charge in [0.15, 0.2) is 6.10 Å². The molecule has 0 amide bonds. The van der Waals surface area contributed by atoms with Gasteiger partial charge in [-0.15, -0.1) is 0 Å². The van der Waals surface area contributed by atoms with E-state index in [1.165, 1.54) is 250 Å². The van der Waals surface area contributed by atoms with Gasteiger partial charge in [0.25, 0.3) is 0 Å². The third kappa shape index (κ3) is 65.9. The average Bonchev–Trinajstić information content (AvgIpc) is 3.46. The van der Waals surface area contributed by atoms with Crippen molar-refractivity contribution < 1.29 is 28.6 Å². The summed E-state index contributed by atoms with van der Waals surface area (Å²) in [6, 6.07) is 0. The molecular weight excluding hydrogens is 985 g/mol. The Labute approximate surface area is 498 Å². The molecule has 0 aliphatic rings. The zero-order valence-corrected chi connectivity index (χ0v) is 53.6. The van der Waals surface area contributed by atoms with Crippen LogP contribution in [0.15, 0.2) is 60.8 Å². The molecule has 0 saturated carbocycles. The smallest absolute Gasteiger partial charge is 0.306 e. The van der Waals surface area contributed by atoms with E-state index in [0.717, 1.165) is 83.5 Å². The molecule has 1 unspecified atom stereocenters. The van der Waals surface area contributed by atoms with Crippen molar-refractivity contribution in [1.82, 2.24) is 0 Å². The van der Waals surface area contributed by atoms with Gasteiger partial charge in [-0.25, -0.2) is 0 Å². The topological polar surface area (TPSA) is 78.9 Å². The van der Waals surface area contributed by atoms with E-state index in [4.69, 9.17) is 14.2 Å². The van der Waals surface area contributed by atoms with E-state index < -0.39 is 6.10 Å². The fourth-order valence-electron chi connectivity index (χ4n) is 10.4. The number of hydrogen-bond donors (Lipinski definition) is 0. The van der Waals surface area contributed by atoms with Crippen LogP contribution >= 0.6 is 0 Å². The van der Waals surface area contributed by atoms with Gasteiger partial charge in [-0.1, -0.05) is 313 Å². The molecule has 0 rings (SSSR count). The van der Waals surface area contributed by atoms with Crippen LogP contribution in [0.3, 0.4) is 0 Å². The van der Waals surface area contributed by atoms with Gasteiger partial charge in [0.1, 0.15) is 13.2 Å². The number of unbranched alkanes of at least 4 members (excludes halogenated alkanes) is 44. The maximum absolute atomic E-state index is 12.9. The second-order valence-corrected chi connectivity index (χ2v) is 23.8. The van der Waals surface area contributed by atoms with Crippen LogP contribution in [0.5, 0.6) is 0 Å². The molecule has 466 valence electrons. The highest BCUT2D eigenvalue weighted by atomic mass is 16.6. The van der Waals surface area contributed by atoms with Crippen LogP contribution in [0, 0.1) is 0 Å². The van der Waals surface area contributed by atoms with E-state index in [1.807, 2.05) is 0 Å². The first-order valence-electron chi connectivity index (χ1n) is 35.3. The highest BCUT2D eigenvalue weighted by molar-refractivity contribution is 5.71. The van der Waals surface area contributed by atoms with E-state index in [2.05, 4.69) is 81.5 Å². The summed E-state index contributed by atoms with van der Waals surface area (Å²) in [4.78, 5) is 38.3. The normalized spacial score (nSPS) is 12.4. The number of carbonyl (C=O) groups is 3. The molecule has 0 spiro atoms. The van der Waals surface area contributed by atoms with Crippen molar-refractivity contribution in [3.8, 4) is 0 Å². The molecule has 6 heteroatoms. The molecule has 0 aromatic carbocycles. The van der Waals surface area contributed by atoms with Crippen molar-refractivity contribution in [2.75, 3.05) is 13.2 Å². The van der Waals surface area contributed by atoms with E-state index >= 15 is 0 Å². The summed E-state index contributed by atoms with van der Waals surface area (Å²) in [5.74, 6) is -0.870. The maximum Gasteiger partial charge on any atom is 0.306 e. The molecule has 0 radical (unpaired) electrons. The van der Waals surface area contributed by atoms with Gasteiger partial charge >= 0.3 is 17.9 Å². The van der Waals surface area contributed by atoms with Crippen molar-refractivity contribution in [2.45, 2.75) is 380 Å². The van der Waals surface area contributed by atoms with Gasteiger partial charge < -0.3 is 14.2 Å².